The van der Waals surface area contributed by atoms with Gasteiger partial charge >= 0.3 is 0 Å². The summed E-state index contributed by atoms with van der Waals surface area (Å²) < 4.78 is 6.88. The van der Waals surface area contributed by atoms with E-state index < -0.39 is 0 Å². The molecule has 0 aromatic rings. The van der Waals surface area contributed by atoms with Crippen LogP contribution in [0.15, 0.2) is 23.8 Å². The van der Waals surface area contributed by atoms with Crippen LogP contribution in [0.5, 0.6) is 0 Å². The minimum absolute atomic E-state index is 0.126. The van der Waals surface area contributed by atoms with E-state index in [-0.39, 0.29) is 33.6 Å². The van der Waals surface area contributed by atoms with Crippen LogP contribution in [0.4, 0.5) is 0 Å². The van der Waals surface area contributed by atoms with Crippen LogP contribution in [0, 0.1) is 40.4 Å². The number of hydrogen-bond acceptors (Lipinski definition) is 3. The predicted octanol–water partition coefficient (Wildman–Crippen LogP) is 6.07. The van der Waals surface area contributed by atoms with E-state index in [1.807, 2.05) is 0 Å². The van der Waals surface area contributed by atoms with Crippen molar-refractivity contribution >= 4 is 11.6 Å². The molecule has 5 aliphatic rings. The molecule has 1 heterocycles. The normalized spacial score (nSPS) is 48.0. The molecule has 170 valence electrons. The molecule has 1 aliphatic heterocycles. The van der Waals surface area contributed by atoms with Gasteiger partial charge in [-0.15, -0.1) is 0 Å². The zero-order chi connectivity index (χ0) is 22.4. The highest BCUT2D eigenvalue weighted by molar-refractivity contribution is 6.06. The first kappa shape index (κ1) is 21.6. The molecule has 1 saturated heterocycles. The maximum absolute atomic E-state index is 13.3. The molecule has 0 amide bonds. The first-order valence-corrected chi connectivity index (χ1v) is 12.7. The molecule has 3 saturated carbocycles. The third-order valence-corrected chi connectivity index (χ3v) is 10.8. The van der Waals surface area contributed by atoms with Gasteiger partial charge in [-0.2, -0.15) is 0 Å². The Labute approximate surface area is 188 Å². The van der Waals surface area contributed by atoms with Crippen LogP contribution in [-0.4, -0.2) is 22.8 Å². The fraction of sp³-hybridized carbons (Fsp3) is 0.786. The largest absolute Gasteiger partial charge is 0.361 e. The van der Waals surface area contributed by atoms with Crippen LogP contribution in [0.2, 0.25) is 0 Å². The second-order valence-electron chi connectivity index (χ2n) is 12.4. The molecule has 3 nitrogen and oxygen atoms in total. The van der Waals surface area contributed by atoms with Gasteiger partial charge in [0.05, 0.1) is 0 Å². The second-order valence-corrected chi connectivity index (χ2v) is 12.4. The number of fused-ring (bicyclic) bond motifs is 2. The van der Waals surface area contributed by atoms with Crippen LogP contribution in [-0.2, 0) is 14.3 Å². The average molecular weight is 425 g/mol. The number of carbonyl (C=O) groups excluding carboxylic acids is 2. The van der Waals surface area contributed by atoms with Gasteiger partial charge < -0.3 is 4.74 Å². The topological polar surface area (TPSA) is 46.7 Å². The van der Waals surface area contributed by atoms with Crippen molar-refractivity contribution in [3.8, 4) is 0 Å². The second kappa shape index (κ2) is 6.65. The first-order chi connectivity index (χ1) is 14.5. The summed E-state index contributed by atoms with van der Waals surface area (Å²) in [6, 6.07) is 0. The first-order valence-electron chi connectivity index (χ1n) is 12.7. The molecule has 0 aromatic carbocycles. The molecular formula is C28H40O3. The van der Waals surface area contributed by atoms with Crippen molar-refractivity contribution in [2.75, 3.05) is 0 Å². The van der Waals surface area contributed by atoms with Crippen molar-refractivity contribution in [2.45, 2.75) is 97.7 Å². The third-order valence-electron chi connectivity index (χ3n) is 10.8. The number of ketones is 2. The lowest BCUT2D eigenvalue weighted by Gasteiger charge is -2.54. The summed E-state index contributed by atoms with van der Waals surface area (Å²) in [5.74, 6) is 3.07. The molecule has 0 radical (unpaired) electrons. The molecule has 0 N–H and O–H groups in total. The highest BCUT2D eigenvalue weighted by Gasteiger charge is 2.86. The van der Waals surface area contributed by atoms with Gasteiger partial charge in [0.2, 0.25) is 0 Å². The van der Waals surface area contributed by atoms with Crippen molar-refractivity contribution in [1.82, 2.24) is 0 Å². The summed E-state index contributed by atoms with van der Waals surface area (Å²) in [5.41, 5.74) is 0.334. The lowest BCUT2D eigenvalue weighted by molar-refractivity contribution is -0.127. The van der Waals surface area contributed by atoms with E-state index in [9.17, 15) is 9.59 Å². The lowest BCUT2D eigenvalue weighted by Crippen LogP contribution is -2.58. The summed E-state index contributed by atoms with van der Waals surface area (Å²) >= 11 is 0. The molecular weight excluding hydrogens is 384 g/mol. The number of allylic oxidation sites excluding steroid dienone is 3. The smallest absolute Gasteiger partial charge is 0.162 e. The molecule has 0 bridgehead atoms. The maximum Gasteiger partial charge on any atom is 0.162 e. The van der Waals surface area contributed by atoms with Crippen molar-refractivity contribution in [2.24, 2.45) is 40.4 Å². The highest BCUT2D eigenvalue weighted by atomic mass is 16.6. The summed E-state index contributed by atoms with van der Waals surface area (Å²) in [5, 5.41) is 0. The van der Waals surface area contributed by atoms with Gasteiger partial charge in [0.25, 0.3) is 0 Å². The van der Waals surface area contributed by atoms with Crippen LogP contribution >= 0.6 is 0 Å². The van der Waals surface area contributed by atoms with E-state index in [2.05, 4.69) is 53.7 Å². The summed E-state index contributed by atoms with van der Waals surface area (Å²) in [4.78, 5) is 25.4. The summed E-state index contributed by atoms with van der Waals surface area (Å²) in [6.45, 7) is 14.0. The Bertz CT molecular complexity index is 883. The van der Waals surface area contributed by atoms with Crippen LogP contribution in [0.25, 0.3) is 0 Å². The molecule has 3 heteroatoms. The Morgan fingerprint density at radius 3 is 2.48 bits per heavy atom. The van der Waals surface area contributed by atoms with Gasteiger partial charge in [-0.25, -0.2) is 0 Å². The predicted molar refractivity (Wildman–Crippen MR) is 122 cm³/mol. The van der Waals surface area contributed by atoms with E-state index in [4.69, 9.17) is 4.74 Å². The Hall–Kier alpha value is -1.22. The molecule has 4 fully saturated rings. The number of ether oxygens (including phenoxy) is 1. The standard InChI is InChI=1S/C28H40O3/c1-17(2)18(3)7-8-19(4)21-10-14-28-26(21,6)13-11-24-25(5)12-9-20(29)15-22(25)23(30)16-27(24,28)31-28/h7-8,15,17-19,21,24H,9-14,16H2,1-6H3/t18-,19+,21+,24+,25-,26+,27-,28+/m0/s1. The molecule has 8 atom stereocenters. The van der Waals surface area contributed by atoms with Gasteiger partial charge in [0.1, 0.15) is 11.2 Å². The number of hydrogen-bond donors (Lipinski definition) is 0. The van der Waals surface area contributed by atoms with Gasteiger partial charge in [-0.1, -0.05) is 53.7 Å². The molecule has 31 heavy (non-hydrogen) atoms. The van der Waals surface area contributed by atoms with Gasteiger partial charge in [0.15, 0.2) is 11.6 Å². The van der Waals surface area contributed by atoms with Crippen LogP contribution < -0.4 is 0 Å². The fourth-order valence-electron chi connectivity index (χ4n) is 8.52. The lowest BCUT2D eigenvalue weighted by atomic mass is 9.46. The quantitative estimate of drug-likeness (QED) is 0.406. The van der Waals surface area contributed by atoms with Crippen molar-refractivity contribution in [1.29, 1.82) is 0 Å². The Morgan fingerprint density at radius 2 is 1.77 bits per heavy atom. The number of epoxide rings is 1. The van der Waals surface area contributed by atoms with Gasteiger partial charge in [-0.05, 0) is 61.9 Å². The Kier molecular flexibility index (Phi) is 4.64. The molecule has 2 spiro atoms. The van der Waals surface area contributed by atoms with E-state index in [1.54, 1.807) is 6.08 Å². The zero-order valence-corrected chi connectivity index (χ0v) is 20.3. The van der Waals surface area contributed by atoms with E-state index in [1.165, 1.54) is 12.8 Å². The molecule has 0 aromatic heterocycles. The number of Topliss-reactive ketones (excluding diaryl/α,β-unsaturated/α-hetero) is 1. The summed E-state index contributed by atoms with van der Waals surface area (Å²) in [7, 11) is 0. The highest BCUT2D eigenvalue weighted by Crippen LogP contribution is 2.80. The Morgan fingerprint density at radius 1 is 1.03 bits per heavy atom. The van der Waals surface area contributed by atoms with E-state index in [0.29, 0.717) is 42.4 Å². The van der Waals surface area contributed by atoms with E-state index >= 15 is 0 Å². The third kappa shape index (κ3) is 2.62. The molecule has 4 aliphatic carbocycles. The number of carbonyl (C=O) groups is 2. The molecule has 0 unspecified atom stereocenters. The average Bonchev–Trinajstić information content (AvgIpc) is 3.26. The Balaban J connectivity index is 1.46. The van der Waals surface area contributed by atoms with E-state index in [0.717, 1.165) is 24.8 Å². The van der Waals surface area contributed by atoms with Crippen molar-refractivity contribution < 1.29 is 14.3 Å². The van der Waals surface area contributed by atoms with Crippen LogP contribution in [0.1, 0.15) is 86.5 Å². The molecule has 5 rings (SSSR count). The maximum atomic E-state index is 13.3. The van der Waals surface area contributed by atoms with Crippen molar-refractivity contribution in [3.05, 3.63) is 23.8 Å². The minimum atomic E-state index is -0.285. The van der Waals surface area contributed by atoms with Gasteiger partial charge in [-0.3, -0.25) is 9.59 Å². The SMILES string of the molecule is CC(C)[C@@H](C)C=C[C@@H](C)[C@H]1CC[C@]23O[C@]24CC(=O)C2=CC(=O)CC[C@]2(C)[C@H]4CC[C@]13C. The number of rotatable bonds is 4. The summed E-state index contributed by atoms with van der Waals surface area (Å²) in [6.07, 6.45) is 13.0. The zero-order valence-electron chi connectivity index (χ0n) is 20.3. The van der Waals surface area contributed by atoms with Crippen LogP contribution in [0.3, 0.4) is 0 Å². The van der Waals surface area contributed by atoms with Crippen molar-refractivity contribution in [3.63, 3.8) is 0 Å². The fourth-order valence-corrected chi connectivity index (χ4v) is 8.52. The minimum Gasteiger partial charge on any atom is -0.361 e. The van der Waals surface area contributed by atoms with Gasteiger partial charge in [0, 0.05) is 35.2 Å². The monoisotopic (exact) mass is 424 g/mol.